The molecule has 0 aliphatic carbocycles. The van der Waals surface area contributed by atoms with E-state index in [1.54, 1.807) is 25.1 Å². The molecule has 0 spiro atoms. The molecule has 94 valence electrons. The number of nitrogens with one attached hydrogen (secondary N) is 1. The number of hydrogen-bond acceptors (Lipinski definition) is 3. The molecule has 0 aliphatic rings. The molecule has 0 aromatic heterocycles. The number of nitrogens with zero attached hydrogens (tertiary/aromatic N) is 1. The lowest BCUT2D eigenvalue weighted by atomic mass is 10.1. The minimum absolute atomic E-state index is 0.257. The van der Waals surface area contributed by atoms with Crippen LogP contribution < -0.4 is 16.0 Å². The normalized spacial score (nSPS) is 9.06. The predicted octanol–water partition coefficient (Wildman–Crippen LogP) is 0.813. The van der Waals surface area contributed by atoms with Crippen LogP contribution in [0, 0.1) is 11.8 Å². The van der Waals surface area contributed by atoms with Gasteiger partial charge >= 0.3 is 0 Å². The number of nitrogens with two attached hydrogens (primary N) is 1. The van der Waals surface area contributed by atoms with Gasteiger partial charge < -0.3 is 16.0 Å². The second-order valence-electron chi connectivity index (χ2n) is 3.82. The summed E-state index contributed by atoms with van der Waals surface area (Å²) in [5, 5.41) is 2.53. The monoisotopic (exact) mass is 245 g/mol. The molecular weight excluding hydrogens is 230 g/mol. The lowest BCUT2D eigenvalue weighted by Crippen LogP contribution is -2.18. The molecule has 18 heavy (non-hydrogen) atoms. The predicted molar refractivity (Wildman–Crippen MR) is 71.4 cm³/mol. The van der Waals surface area contributed by atoms with E-state index in [-0.39, 0.29) is 5.56 Å². The molecule has 0 bridgehead atoms. The third-order valence-corrected chi connectivity index (χ3v) is 2.27. The number of primary amides is 1. The Morgan fingerprint density at radius 3 is 2.50 bits per heavy atom. The van der Waals surface area contributed by atoms with Crippen LogP contribution in [0.2, 0.25) is 0 Å². The number of anilines is 2. The SMILES string of the molecule is CC#CC(=O)Nc1ccc(N(C)C)cc1C(N)=O. The van der Waals surface area contributed by atoms with Crippen LogP contribution in [0.1, 0.15) is 17.3 Å². The number of benzene rings is 1. The highest BCUT2D eigenvalue weighted by Crippen LogP contribution is 2.21. The molecule has 1 aromatic rings. The molecule has 5 heteroatoms. The van der Waals surface area contributed by atoms with Crippen molar-refractivity contribution >= 4 is 23.2 Å². The van der Waals surface area contributed by atoms with Gasteiger partial charge in [0.15, 0.2) is 0 Å². The van der Waals surface area contributed by atoms with Crippen molar-refractivity contribution in [2.24, 2.45) is 5.73 Å². The molecule has 2 amide bonds. The Balaban J connectivity index is 3.14. The van der Waals surface area contributed by atoms with E-state index in [0.29, 0.717) is 5.69 Å². The van der Waals surface area contributed by atoms with Crippen molar-refractivity contribution < 1.29 is 9.59 Å². The van der Waals surface area contributed by atoms with Gasteiger partial charge in [0.25, 0.3) is 11.8 Å². The summed E-state index contributed by atoms with van der Waals surface area (Å²) in [5.74, 6) is 3.74. The summed E-state index contributed by atoms with van der Waals surface area (Å²) in [6, 6.07) is 5.03. The van der Waals surface area contributed by atoms with Gasteiger partial charge in [0.05, 0.1) is 11.3 Å². The number of amides is 2. The zero-order valence-electron chi connectivity index (χ0n) is 10.6. The van der Waals surface area contributed by atoms with Gasteiger partial charge in [-0.3, -0.25) is 9.59 Å². The molecule has 1 rings (SSSR count). The Hall–Kier alpha value is -2.48. The van der Waals surface area contributed by atoms with Crippen molar-refractivity contribution in [2.75, 3.05) is 24.3 Å². The van der Waals surface area contributed by atoms with Gasteiger partial charge in [-0.15, -0.1) is 0 Å². The van der Waals surface area contributed by atoms with Crippen LogP contribution in [0.3, 0.4) is 0 Å². The van der Waals surface area contributed by atoms with Crippen LogP contribution >= 0.6 is 0 Å². The molecule has 1 aromatic carbocycles. The van der Waals surface area contributed by atoms with Crippen LogP contribution in [-0.2, 0) is 4.79 Å². The number of rotatable bonds is 3. The van der Waals surface area contributed by atoms with Crippen LogP contribution in [0.25, 0.3) is 0 Å². The molecule has 0 saturated heterocycles. The van der Waals surface area contributed by atoms with Gasteiger partial charge in [-0.05, 0) is 31.0 Å². The number of carbonyl (C=O) groups is 2. The van der Waals surface area contributed by atoms with Crippen molar-refractivity contribution in [3.05, 3.63) is 23.8 Å². The zero-order valence-corrected chi connectivity index (χ0v) is 10.6. The van der Waals surface area contributed by atoms with Crippen LogP contribution in [0.5, 0.6) is 0 Å². The molecule has 0 atom stereocenters. The van der Waals surface area contributed by atoms with Crippen molar-refractivity contribution in [1.82, 2.24) is 0 Å². The highest BCUT2D eigenvalue weighted by atomic mass is 16.2. The largest absolute Gasteiger partial charge is 0.378 e. The first-order chi connectivity index (χ1) is 8.45. The van der Waals surface area contributed by atoms with Gasteiger partial charge in [-0.1, -0.05) is 5.92 Å². The maximum Gasteiger partial charge on any atom is 0.300 e. The minimum atomic E-state index is -0.599. The Bertz CT molecular complexity index is 539. The average molecular weight is 245 g/mol. The van der Waals surface area contributed by atoms with Crippen LogP contribution in [0.4, 0.5) is 11.4 Å². The highest BCUT2D eigenvalue weighted by molar-refractivity contribution is 6.08. The fourth-order valence-electron chi connectivity index (χ4n) is 1.39. The van der Waals surface area contributed by atoms with Crippen molar-refractivity contribution in [2.45, 2.75) is 6.92 Å². The van der Waals surface area contributed by atoms with Gasteiger partial charge in [0.1, 0.15) is 0 Å². The van der Waals surface area contributed by atoms with Crippen LogP contribution in [-0.4, -0.2) is 25.9 Å². The van der Waals surface area contributed by atoms with Gasteiger partial charge in [0.2, 0.25) is 0 Å². The van der Waals surface area contributed by atoms with E-state index in [9.17, 15) is 9.59 Å². The number of hydrogen-bond donors (Lipinski definition) is 2. The Morgan fingerprint density at radius 1 is 1.33 bits per heavy atom. The first kappa shape index (κ1) is 13.6. The summed E-state index contributed by atoms with van der Waals surface area (Å²) in [4.78, 5) is 24.5. The lowest BCUT2D eigenvalue weighted by molar-refractivity contribution is -0.111. The fraction of sp³-hybridized carbons (Fsp3) is 0.231. The van der Waals surface area contributed by atoms with Gasteiger partial charge in [0, 0.05) is 19.8 Å². The van der Waals surface area contributed by atoms with Gasteiger partial charge in [-0.25, -0.2) is 0 Å². The standard InChI is InChI=1S/C13H15N3O2/c1-4-5-12(17)15-11-7-6-9(16(2)3)8-10(11)13(14)18/h6-8H,1-3H3,(H2,14,18)(H,15,17). The van der Waals surface area contributed by atoms with E-state index in [4.69, 9.17) is 5.73 Å². The summed E-state index contributed by atoms with van der Waals surface area (Å²) in [5.41, 5.74) is 6.73. The van der Waals surface area contributed by atoms with Crippen molar-refractivity contribution in [3.63, 3.8) is 0 Å². The molecule has 0 fully saturated rings. The third-order valence-electron chi connectivity index (χ3n) is 2.27. The Kier molecular flexibility index (Phi) is 4.33. The highest BCUT2D eigenvalue weighted by Gasteiger charge is 2.11. The van der Waals surface area contributed by atoms with E-state index in [0.717, 1.165) is 5.69 Å². The molecule has 0 saturated carbocycles. The Labute approximate surface area is 106 Å². The summed E-state index contributed by atoms with van der Waals surface area (Å²) >= 11 is 0. The molecule has 0 radical (unpaired) electrons. The zero-order chi connectivity index (χ0) is 13.7. The van der Waals surface area contributed by atoms with Crippen LogP contribution in [0.15, 0.2) is 18.2 Å². The van der Waals surface area contributed by atoms with Crippen molar-refractivity contribution in [3.8, 4) is 11.8 Å². The second-order valence-corrected chi connectivity index (χ2v) is 3.82. The lowest BCUT2D eigenvalue weighted by Gasteiger charge is -2.15. The van der Waals surface area contributed by atoms with E-state index in [1.165, 1.54) is 0 Å². The van der Waals surface area contributed by atoms with Gasteiger partial charge in [-0.2, -0.15) is 0 Å². The van der Waals surface area contributed by atoms with E-state index >= 15 is 0 Å². The minimum Gasteiger partial charge on any atom is -0.378 e. The third kappa shape index (κ3) is 3.25. The van der Waals surface area contributed by atoms with E-state index in [2.05, 4.69) is 17.2 Å². The molecule has 0 heterocycles. The summed E-state index contributed by atoms with van der Waals surface area (Å²) < 4.78 is 0. The first-order valence-corrected chi connectivity index (χ1v) is 5.30. The maximum atomic E-state index is 11.4. The summed E-state index contributed by atoms with van der Waals surface area (Å²) in [6.45, 7) is 1.56. The quantitative estimate of drug-likeness (QED) is 0.774. The summed E-state index contributed by atoms with van der Waals surface area (Å²) in [7, 11) is 3.70. The summed E-state index contributed by atoms with van der Waals surface area (Å²) in [6.07, 6.45) is 0. The molecule has 0 unspecified atom stereocenters. The topological polar surface area (TPSA) is 75.4 Å². The molecule has 5 nitrogen and oxygen atoms in total. The van der Waals surface area contributed by atoms with E-state index < -0.39 is 11.8 Å². The average Bonchev–Trinajstić information content (AvgIpc) is 2.29. The first-order valence-electron chi connectivity index (χ1n) is 5.30. The second kappa shape index (κ2) is 5.73. The molecule has 0 aliphatic heterocycles. The van der Waals surface area contributed by atoms with Crippen molar-refractivity contribution in [1.29, 1.82) is 0 Å². The molecule has 3 N–H and O–H groups in total. The van der Waals surface area contributed by atoms with E-state index in [1.807, 2.05) is 19.0 Å². The Morgan fingerprint density at radius 2 is 2.00 bits per heavy atom. The maximum absolute atomic E-state index is 11.4. The fourth-order valence-corrected chi connectivity index (χ4v) is 1.39. The molecular formula is C13H15N3O2. The number of carbonyl (C=O) groups excluding carboxylic acids is 2. The smallest absolute Gasteiger partial charge is 0.300 e.